The minimum atomic E-state index is -0.102. The summed E-state index contributed by atoms with van der Waals surface area (Å²) in [5, 5.41) is 3.56. The zero-order chi connectivity index (χ0) is 9.84. The number of hydrogen-bond acceptors (Lipinski definition) is 1. The van der Waals surface area contributed by atoms with Crippen molar-refractivity contribution in [3.63, 3.8) is 0 Å². The highest BCUT2D eigenvalue weighted by atomic mass is 35.5. The van der Waals surface area contributed by atoms with E-state index >= 15 is 0 Å². The summed E-state index contributed by atoms with van der Waals surface area (Å²) in [6.07, 6.45) is 0.217. The van der Waals surface area contributed by atoms with E-state index in [9.17, 15) is 4.79 Å². The third-order valence-electron chi connectivity index (χ3n) is 1.68. The van der Waals surface area contributed by atoms with Crippen LogP contribution in [0.25, 0.3) is 0 Å². The Morgan fingerprint density at radius 1 is 1.38 bits per heavy atom. The molecule has 0 aliphatic rings. The molecule has 0 aromatic heterocycles. The Labute approximate surface area is 86.8 Å². The van der Waals surface area contributed by atoms with Crippen molar-refractivity contribution in [1.29, 1.82) is 0 Å². The molecule has 0 spiro atoms. The minimum absolute atomic E-state index is 0.102. The number of nitrogens with one attached hydrogen (secondary N) is 1. The molecule has 0 radical (unpaired) electrons. The molecule has 1 amide bonds. The van der Waals surface area contributed by atoms with Crippen molar-refractivity contribution < 1.29 is 4.79 Å². The maximum absolute atomic E-state index is 11.1. The lowest BCUT2D eigenvalue weighted by atomic mass is 10.1. The first-order valence-corrected chi connectivity index (χ1v) is 4.54. The van der Waals surface area contributed by atoms with Gasteiger partial charge in [-0.3, -0.25) is 4.79 Å². The predicted octanol–water partition coefficient (Wildman–Crippen LogP) is 2.28. The van der Waals surface area contributed by atoms with Crippen LogP contribution < -0.4 is 5.32 Å². The second kappa shape index (κ2) is 4.49. The fraction of sp³-hybridized carbons (Fsp3) is 0.222. The fourth-order valence-electron chi connectivity index (χ4n) is 0.950. The van der Waals surface area contributed by atoms with Crippen LogP contribution in [-0.2, 0) is 11.2 Å². The molecule has 2 nitrogen and oxygen atoms in total. The van der Waals surface area contributed by atoms with Gasteiger partial charge in [0.25, 0.3) is 0 Å². The van der Waals surface area contributed by atoms with Crippen LogP contribution in [0.3, 0.4) is 0 Å². The van der Waals surface area contributed by atoms with Crippen molar-refractivity contribution in [2.75, 3.05) is 7.05 Å². The second-order valence-electron chi connectivity index (χ2n) is 2.55. The summed E-state index contributed by atoms with van der Waals surface area (Å²) in [5.41, 5.74) is 0.671. The number of benzene rings is 1. The molecule has 0 saturated carbocycles. The molecule has 70 valence electrons. The number of likely N-dealkylation sites (N-methyl/N-ethyl adjacent to an activating group) is 1. The smallest absolute Gasteiger partial charge is 0.224 e. The van der Waals surface area contributed by atoms with Crippen molar-refractivity contribution in [3.05, 3.63) is 33.8 Å². The number of carbonyl (C=O) groups is 1. The molecular weight excluding hydrogens is 209 g/mol. The standard InChI is InChI=1S/C9H9Cl2NO/c1-12-9(13)5-6-7(10)3-2-4-8(6)11/h2-4H,5H2,1H3,(H,12,13). The molecular formula is C9H9Cl2NO. The normalized spacial score (nSPS) is 9.77. The molecule has 13 heavy (non-hydrogen) atoms. The lowest BCUT2D eigenvalue weighted by Gasteiger charge is -2.04. The van der Waals surface area contributed by atoms with Gasteiger partial charge in [-0.1, -0.05) is 29.3 Å². The average Bonchev–Trinajstić information content (AvgIpc) is 2.11. The maximum Gasteiger partial charge on any atom is 0.224 e. The summed E-state index contributed by atoms with van der Waals surface area (Å²) in [4.78, 5) is 11.1. The molecule has 0 aliphatic heterocycles. The Kier molecular flexibility index (Phi) is 3.58. The summed E-state index contributed by atoms with van der Waals surface area (Å²) < 4.78 is 0. The van der Waals surface area contributed by atoms with E-state index in [4.69, 9.17) is 23.2 Å². The number of amides is 1. The van der Waals surface area contributed by atoms with E-state index in [0.717, 1.165) is 0 Å². The van der Waals surface area contributed by atoms with Crippen LogP contribution in [0.2, 0.25) is 10.0 Å². The van der Waals surface area contributed by atoms with E-state index in [1.165, 1.54) is 0 Å². The lowest BCUT2D eigenvalue weighted by Crippen LogP contribution is -2.20. The Bertz CT molecular complexity index is 305. The van der Waals surface area contributed by atoms with Gasteiger partial charge in [0, 0.05) is 17.1 Å². The lowest BCUT2D eigenvalue weighted by molar-refractivity contribution is -0.119. The molecule has 1 rings (SSSR count). The maximum atomic E-state index is 11.1. The highest BCUT2D eigenvalue weighted by molar-refractivity contribution is 6.36. The number of rotatable bonds is 2. The zero-order valence-electron chi connectivity index (χ0n) is 7.10. The van der Waals surface area contributed by atoms with Gasteiger partial charge < -0.3 is 5.32 Å². The third-order valence-corrected chi connectivity index (χ3v) is 2.39. The van der Waals surface area contributed by atoms with Gasteiger partial charge >= 0.3 is 0 Å². The summed E-state index contributed by atoms with van der Waals surface area (Å²) >= 11 is 11.7. The fourth-order valence-corrected chi connectivity index (χ4v) is 1.48. The number of halogens is 2. The molecule has 0 saturated heterocycles. The molecule has 0 fully saturated rings. The van der Waals surface area contributed by atoms with Crippen LogP contribution in [0.4, 0.5) is 0 Å². The molecule has 4 heteroatoms. The minimum Gasteiger partial charge on any atom is -0.359 e. The molecule has 0 unspecified atom stereocenters. The topological polar surface area (TPSA) is 29.1 Å². The number of hydrogen-bond donors (Lipinski definition) is 1. The van der Waals surface area contributed by atoms with E-state index in [0.29, 0.717) is 15.6 Å². The Balaban J connectivity index is 2.93. The van der Waals surface area contributed by atoms with Crippen LogP contribution >= 0.6 is 23.2 Å². The monoisotopic (exact) mass is 217 g/mol. The first-order valence-electron chi connectivity index (χ1n) is 3.78. The van der Waals surface area contributed by atoms with Crippen molar-refractivity contribution in [2.24, 2.45) is 0 Å². The molecule has 1 N–H and O–H groups in total. The van der Waals surface area contributed by atoms with Crippen LogP contribution in [0.5, 0.6) is 0 Å². The molecule has 1 aromatic rings. The predicted molar refractivity (Wildman–Crippen MR) is 54.2 cm³/mol. The van der Waals surface area contributed by atoms with Crippen molar-refractivity contribution in [1.82, 2.24) is 5.32 Å². The van der Waals surface area contributed by atoms with Crippen molar-refractivity contribution in [2.45, 2.75) is 6.42 Å². The Morgan fingerprint density at radius 3 is 2.38 bits per heavy atom. The van der Waals surface area contributed by atoms with Crippen molar-refractivity contribution >= 4 is 29.1 Å². The molecule has 0 aliphatic carbocycles. The van der Waals surface area contributed by atoms with E-state index in [1.54, 1.807) is 25.2 Å². The van der Waals surface area contributed by atoms with Gasteiger partial charge in [-0.05, 0) is 17.7 Å². The largest absolute Gasteiger partial charge is 0.359 e. The van der Waals surface area contributed by atoms with Gasteiger partial charge in [-0.2, -0.15) is 0 Å². The van der Waals surface area contributed by atoms with Gasteiger partial charge in [0.15, 0.2) is 0 Å². The Hall–Kier alpha value is -0.730. The summed E-state index contributed by atoms with van der Waals surface area (Å²) in [7, 11) is 1.58. The zero-order valence-corrected chi connectivity index (χ0v) is 8.62. The van der Waals surface area contributed by atoms with Crippen molar-refractivity contribution in [3.8, 4) is 0 Å². The van der Waals surface area contributed by atoms with Crippen LogP contribution in [-0.4, -0.2) is 13.0 Å². The SMILES string of the molecule is CNC(=O)Cc1c(Cl)cccc1Cl. The summed E-state index contributed by atoms with van der Waals surface area (Å²) in [6.45, 7) is 0. The van der Waals surface area contributed by atoms with Gasteiger partial charge in [0.1, 0.15) is 0 Å². The Morgan fingerprint density at radius 2 is 1.92 bits per heavy atom. The van der Waals surface area contributed by atoms with Gasteiger partial charge in [0.2, 0.25) is 5.91 Å². The van der Waals surface area contributed by atoms with Gasteiger partial charge in [-0.25, -0.2) is 0 Å². The molecule has 0 bridgehead atoms. The quantitative estimate of drug-likeness (QED) is 0.810. The molecule has 0 heterocycles. The second-order valence-corrected chi connectivity index (χ2v) is 3.36. The van der Waals surface area contributed by atoms with E-state index < -0.39 is 0 Å². The van der Waals surface area contributed by atoms with Gasteiger partial charge in [0.05, 0.1) is 6.42 Å². The van der Waals surface area contributed by atoms with Crippen LogP contribution in [0.1, 0.15) is 5.56 Å². The van der Waals surface area contributed by atoms with E-state index in [2.05, 4.69) is 5.32 Å². The third kappa shape index (κ3) is 2.61. The number of carbonyl (C=O) groups excluding carboxylic acids is 1. The first kappa shape index (κ1) is 10.4. The van der Waals surface area contributed by atoms with E-state index in [-0.39, 0.29) is 12.3 Å². The average molecular weight is 218 g/mol. The van der Waals surface area contributed by atoms with Crippen LogP contribution in [0.15, 0.2) is 18.2 Å². The molecule has 0 atom stereocenters. The highest BCUT2D eigenvalue weighted by Crippen LogP contribution is 2.24. The van der Waals surface area contributed by atoms with E-state index in [1.807, 2.05) is 0 Å². The molecule has 1 aromatic carbocycles. The highest BCUT2D eigenvalue weighted by Gasteiger charge is 2.08. The van der Waals surface area contributed by atoms with Gasteiger partial charge in [-0.15, -0.1) is 0 Å². The van der Waals surface area contributed by atoms with Crippen LogP contribution in [0, 0.1) is 0 Å². The summed E-state index contributed by atoms with van der Waals surface area (Å²) in [6, 6.07) is 5.18. The first-order chi connectivity index (χ1) is 6.15. The summed E-state index contributed by atoms with van der Waals surface area (Å²) in [5.74, 6) is -0.102.